The third-order valence-electron chi connectivity index (χ3n) is 3.13. The standard InChI is InChI=1S/C14H16N4/c1-10-7-17-14(11-3-2-6-15-8-11)18-13(10)9-16-12-4-5-12/h2-3,6-8,12,16H,4-5,9H2,1H3. The Morgan fingerprint density at radius 1 is 1.33 bits per heavy atom. The Balaban J connectivity index is 1.84. The fraction of sp³-hybridized carbons (Fsp3) is 0.357. The normalized spacial score (nSPS) is 14.7. The van der Waals surface area contributed by atoms with E-state index in [0.29, 0.717) is 6.04 Å². The molecule has 0 saturated heterocycles. The number of pyridine rings is 1. The molecule has 0 aliphatic heterocycles. The average Bonchev–Trinajstić information content (AvgIpc) is 3.23. The minimum Gasteiger partial charge on any atom is -0.308 e. The second-order valence-corrected chi connectivity index (χ2v) is 4.72. The minimum absolute atomic E-state index is 0.696. The first kappa shape index (κ1) is 11.3. The number of nitrogens with one attached hydrogen (secondary N) is 1. The molecule has 18 heavy (non-hydrogen) atoms. The smallest absolute Gasteiger partial charge is 0.160 e. The van der Waals surface area contributed by atoms with Crippen LogP contribution in [-0.2, 0) is 6.54 Å². The summed E-state index contributed by atoms with van der Waals surface area (Å²) >= 11 is 0. The third kappa shape index (κ3) is 2.54. The van der Waals surface area contributed by atoms with Gasteiger partial charge in [0.15, 0.2) is 5.82 Å². The summed E-state index contributed by atoms with van der Waals surface area (Å²) in [5, 5.41) is 3.49. The van der Waals surface area contributed by atoms with Gasteiger partial charge in [-0.25, -0.2) is 9.97 Å². The third-order valence-corrected chi connectivity index (χ3v) is 3.13. The zero-order valence-electron chi connectivity index (χ0n) is 10.4. The average molecular weight is 240 g/mol. The largest absolute Gasteiger partial charge is 0.308 e. The second-order valence-electron chi connectivity index (χ2n) is 4.72. The summed E-state index contributed by atoms with van der Waals surface area (Å²) in [6.45, 7) is 2.88. The van der Waals surface area contributed by atoms with Crippen molar-refractivity contribution < 1.29 is 0 Å². The highest BCUT2D eigenvalue weighted by Crippen LogP contribution is 2.20. The SMILES string of the molecule is Cc1cnc(-c2cccnc2)nc1CNC1CC1. The van der Waals surface area contributed by atoms with Crippen LogP contribution in [0.3, 0.4) is 0 Å². The van der Waals surface area contributed by atoms with Crippen LogP contribution in [0.4, 0.5) is 0 Å². The highest BCUT2D eigenvalue weighted by Gasteiger charge is 2.20. The van der Waals surface area contributed by atoms with Gasteiger partial charge in [0.05, 0.1) is 5.69 Å². The van der Waals surface area contributed by atoms with E-state index in [4.69, 9.17) is 0 Å². The quantitative estimate of drug-likeness (QED) is 0.889. The molecule has 0 atom stereocenters. The fourth-order valence-electron chi connectivity index (χ4n) is 1.82. The number of nitrogens with zero attached hydrogens (tertiary/aromatic N) is 3. The summed E-state index contributed by atoms with van der Waals surface area (Å²) in [5.41, 5.74) is 3.18. The molecule has 92 valence electrons. The van der Waals surface area contributed by atoms with E-state index in [1.807, 2.05) is 18.3 Å². The Labute approximate surface area is 107 Å². The van der Waals surface area contributed by atoms with Gasteiger partial charge in [0.1, 0.15) is 0 Å². The summed E-state index contributed by atoms with van der Waals surface area (Å²) in [7, 11) is 0. The molecule has 0 unspecified atom stereocenters. The maximum atomic E-state index is 4.63. The molecule has 2 aromatic rings. The maximum absolute atomic E-state index is 4.63. The maximum Gasteiger partial charge on any atom is 0.160 e. The first-order valence-electron chi connectivity index (χ1n) is 6.29. The Hall–Kier alpha value is -1.81. The van der Waals surface area contributed by atoms with Crippen LogP contribution in [0.2, 0.25) is 0 Å². The van der Waals surface area contributed by atoms with Gasteiger partial charge in [-0.3, -0.25) is 4.98 Å². The summed E-state index contributed by atoms with van der Waals surface area (Å²) in [6, 6.07) is 4.58. The first-order chi connectivity index (χ1) is 8.83. The predicted molar refractivity (Wildman–Crippen MR) is 69.9 cm³/mol. The van der Waals surface area contributed by atoms with Gasteiger partial charge in [0.25, 0.3) is 0 Å². The van der Waals surface area contributed by atoms with Crippen LogP contribution >= 0.6 is 0 Å². The van der Waals surface area contributed by atoms with Gasteiger partial charge in [0.2, 0.25) is 0 Å². The first-order valence-corrected chi connectivity index (χ1v) is 6.29. The molecule has 3 rings (SSSR count). The van der Waals surface area contributed by atoms with E-state index in [9.17, 15) is 0 Å². The molecule has 1 aliphatic carbocycles. The van der Waals surface area contributed by atoms with Crippen LogP contribution in [0.1, 0.15) is 24.1 Å². The zero-order chi connectivity index (χ0) is 12.4. The van der Waals surface area contributed by atoms with Gasteiger partial charge in [-0.1, -0.05) is 0 Å². The number of hydrogen-bond acceptors (Lipinski definition) is 4. The molecule has 1 N–H and O–H groups in total. The van der Waals surface area contributed by atoms with E-state index in [-0.39, 0.29) is 0 Å². The van der Waals surface area contributed by atoms with Crippen LogP contribution in [0, 0.1) is 6.92 Å². The summed E-state index contributed by atoms with van der Waals surface area (Å²) in [4.78, 5) is 13.1. The Morgan fingerprint density at radius 2 is 2.22 bits per heavy atom. The van der Waals surface area contributed by atoms with Crippen molar-refractivity contribution in [3.63, 3.8) is 0 Å². The summed E-state index contributed by atoms with van der Waals surface area (Å²) in [5.74, 6) is 0.751. The van der Waals surface area contributed by atoms with Crippen LogP contribution in [0.5, 0.6) is 0 Å². The molecule has 2 heterocycles. The van der Waals surface area contributed by atoms with Crippen LogP contribution in [0.25, 0.3) is 11.4 Å². The Kier molecular flexibility index (Phi) is 3.02. The van der Waals surface area contributed by atoms with Crippen molar-refractivity contribution in [2.45, 2.75) is 32.4 Å². The molecule has 4 heteroatoms. The van der Waals surface area contributed by atoms with E-state index in [1.54, 1.807) is 12.4 Å². The number of rotatable bonds is 4. The van der Waals surface area contributed by atoms with Crippen LogP contribution in [-0.4, -0.2) is 21.0 Å². The van der Waals surface area contributed by atoms with E-state index < -0.39 is 0 Å². The minimum atomic E-state index is 0.696. The van der Waals surface area contributed by atoms with Gasteiger partial charge in [-0.05, 0) is 37.5 Å². The van der Waals surface area contributed by atoms with Crippen LogP contribution in [0.15, 0.2) is 30.7 Å². The molecule has 0 aromatic carbocycles. The molecule has 2 aromatic heterocycles. The number of aryl methyl sites for hydroxylation is 1. The monoisotopic (exact) mass is 240 g/mol. The molecule has 0 bridgehead atoms. The van der Waals surface area contributed by atoms with Crippen molar-refractivity contribution in [1.29, 1.82) is 0 Å². The lowest BCUT2D eigenvalue weighted by Gasteiger charge is -2.08. The molecule has 1 saturated carbocycles. The summed E-state index contributed by atoms with van der Waals surface area (Å²) in [6.07, 6.45) is 8.02. The molecule has 0 amide bonds. The lowest BCUT2D eigenvalue weighted by Crippen LogP contribution is -2.17. The number of hydrogen-bond donors (Lipinski definition) is 1. The van der Waals surface area contributed by atoms with E-state index in [1.165, 1.54) is 12.8 Å². The van der Waals surface area contributed by atoms with E-state index >= 15 is 0 Å². The molecule has 0 spiro atoms. The fourth-order valence-corrected chi connectivity index (χ4v) is 1.82. The van der Waals surface area contributed by atoms with Gasteiger partial charge in [-0.2, -0.15) is 0 Å². The van der Waals surface area contributed by atoms with Crippen molar-refractivity contribution >= 4 is 0 Å². The van der Waals surface area contributed by atoms with Gasteiger partial charge in [0, 0.05) is 36.7 Å². The highest BCUT2D eigenvalue weighted by atomic mass is 15.0. The van der Waals surface area contributed by atoms with Crippen LogP contribution < -0.4 is 5.32 Å². The highest BCUT2D eigenvalue weighted by molar-refractivity contribution is 5.53. The van der Waals surface area contributed by atoms with Gasteiger partial charge in [-0.15, -0.1) is 0 Å². The summed E-state index contributed by atoms with van der Waals surface area (Å²) < 4.78 is 0. The Bertz CT molecular complexity index is 535. The van der Waals surface area contributed by atoms with Crippen molar-refractivity contribution in [2.24, 2.45) is 0 Å². The second kappa shape index (κ2) is 4.82. The molecule has 1 aliphatic rings. The molecule has 1 fully saturated rings. The predicted octanol–water partition coefficient (Wildman–Crippen LogP) is 2.10. The van der Waals surface area contributed by atoms with Gasteiger partial charge >= 0.3 is 0 Å². The molecular weight excluding hydrogens is 224 g/mol. The topological polar surface area (TPSA) is 50.7 Å². The molecule has 0 radical (unpaired) electrons. The number of aromatic nitrogens is 3. The Morgan fingerprint density at radius 3 is 2.94 bits per heavy atom. The molecule has 4 nitrogen and oxygen atoms in total. The lowest BCUT2D eigenvalue weighted by molar-refractivity contribution is 0.670. The van der Waals surface area contributed by atoms with E-state index in [2.05, 4.69) is 27.2 Å². The van der Waals surface area contributed by atoms with Crippen molar-refractivity contribution in [1.82, 2.24) is 20.3 Å². The van der Waals surface area contributed by atoms with Crippen molar-refractivity contribution in [3.05, 3.63) is 42.0 Å². The zero-order valence-corrected chi connectivity index (χ0v) is 10.4. The van der Waals surface area contributed by atoms with Gasteiger partial charge < -0.3 is 5.32 Å². The van der Waals surface area contributed by atoms with Crippen molar-refractivity contribution in [2.75, 3.05) is 0 Å². The molecular formula is C14H16N4. The van der Waals surface area contributed by atoms with E-state index in [0.717, 1.165) is 29.2 Å². The lowest BCUT2D eigenvalue weighted by atomic mass is 10.2. The van der Waals surface area contributed by atoms with Crippen molar-refractivity contribution in [3.8, 4) is 11.4 Å².